The van der Waals surface area contributed by atoms with E-state index in [-0.39, 0.29) is 11.6 Å². The molecule has 0 amide bonds. The third-order valence-corrected chi connectivity index (χ3v) is 4.80. The van der Waals surface area contributed by atoms with E-state index in [1.807, 2.05) is 31.2 Å². The minimum absolute atomic E-state index is 0.103. The summed E-state index contributed by atoms with van der Waals surface area (Å²) in [6.45, 7) is 2.16. The molecule has 0 aliphatic rings. The van der Waals surface area contributed by atoms with E-state index in [1.165, 1.54) is 6.20 Å². The van der Waals surface area contributed by atoms with Gasteiger partial charge in [0.1, 0.15) is 5.82 Å². The predicted molar refractivity (Wildman–Crippen MR) is 81.1 cm³/mol. The molecule has 2 aromatic rings. The van der Waals surface area contributed by atoms with Crippen LogP contribution in [0.4, 0.5) is 0 Å². The molecule has 1 aromatic heterocycles. The summed E-state index contributed by atoms with van der Waals surface area (Å²) in [5, 5.41) is 0.847. The van der Waals surface area contributed by atoms with Crippen molar-refractivity contribution >= 4 is 26.0 Å². The number of halogens is 1. The lowest BCUT2D eigenvalue weighted by Crippen LogP contribution is -2.23. The number of sulfonamides is 1. The van der Waals surface area contributed by atoms with Crippen LogP contribution in [-0.2, 0) is 28.3 Å². The van der Waals surface area contributed by atoms with Gasteiger partial charge in [-0.2, -0.15) is 0 Å². The van der Waals surface area contributed by atoms with Crippen LogP contribution < -0.4 is 4.72 Å². The van der Waals surface area contributed by atoms with Crippen molar-refractivity contribution < 1.29 is 8.42 Å². The van der Waals surface area contributed by atoms with E-state index < -0.39 is 10.0 Å². The number of aromatic amines is 1. The van der Waals surface area contributed by atoms with E-state index in [9.17, 15) is 8.42 Å². The van der Waals surface area contributed by atoms with Crippen LogP contribution in [0.15, 0.2) is 35.5 Å². The summed E-state index contributed by atoms with van der Waals surface area (Å²) in [4.78, 5) is 6.80. The summed E-state index contributed by atoms with van der Waals surface area (Å²) < 4.78 is 26.8. The Morgan fingerprint density at radius 2 is 2.10 bits per heavy atom. The molecule has 0 saturated carbocycles. The van der Waals surface area contributed by atoms with Crippen LogP contribution in [0.5, 0.6) is 0 Å². The SMILES string of the molecule is CCc1ncc(S(=O)(=O)NCc2cccc(CBr)c2)[nH]1. The molecule has 7 heteroatoms. The highest BCUT2D eigenvalue weighted by Gasteiger charge is 2.16. The van der Waals surface area contributed by atoms with Gasteiger partial charge in [-0.3, -0.25) is 0 Å². The van der Waals surface area contributed by atoms with E-state index in [2.05, 4.69) is 30.6 Å². The fourth-order valence-corrected chi connectivity index (χ4v) is 3.04. The molecular weight excluding hydrogens is 342 g/mol. The van der Waals surface area contributed by atoms with Crippen LogP contribution in [0.3, 0.4) is 0 Å². The molecular formula is C13H16BrN3O2S. The molecule has 0 aliphatic carbocycles. The molecule has 2 rings (SSSR count). The highest BCUT2D eigenvalue weighted by Crippen LogP contribution is 2.11. The summed E-state index contributed by atoms with van der Waals surface area (Å²) in [6, 6.07) is 7.74. The number of H-pyrrole nitrogens is 1. The molecule has 0 fully saturated rings. The van der Waals surface area contributed by atoms with E-state index >= 15 is 0 Å². The van der Waals surface area contributed by atoms with Crippen LogP contribution in [0.2, 0.25) is 0 Å². The Morgan fingerprint density at radius 1 is 1.35 bits per heavy atom. The van der Waals surface area contributed by atoms with Crippen LogP contribution >= 0.6 is 15.9 Å². The van der Waals surface area contributed by atoms with Gasteiger partial charge in [-0.05, 0) is 11.1 Å². The first-order valence-corrected chi connectivity index (χ1v) is 8.83. The first-order valence-electron chi connectivity index (χ1n) is 6.22. The second-order valence-electron chi connectivity index (χ2n) is 4.33. The van der Waals surface area contributed by atoms with Crippen molar-refractivity contribution in [3.63, 3.8) is 0 Å². The number of nitrogens with one attached hydrogen (secondary N) is 2. The Bertz CT molecular complexity index is 682. The number of alkyl halides is 1. The van der Waals surface area contributed by atoms with Crippen molar-refractivity contribution in [3.05, 3.63) is 47.4 Å². The largest absolute Gasteiger partial charge is 0.332 e. The molecule has 0 unspecified atom stereocenters. The second-order valence-corrected chi connectivity index (χ2v) is 6.62. The number of hydrogen-bond acceptors (Lipinski definition) is 3. The van der Waals surface area contributed by atoms with E-state index in [0.29, 0.717) is 12.2 Å². The van der Waals surface area contributed by atoms with Crippen molar-refractivity contribution in [2.24, 2.45) is 0 Å². The number of rotatable bonds is 6. The highest BCUT2D eigenvalue weighted by atomic mass is 79.9. The summed E-state index contributed by atoms with van der Waals surface area (Å²) in [5.41, 5.74) is 2.03. The van der Waals surface area contributed by atoms with Crippen LogP contribution in [0.1, 0.15) is 23.9 Å². The number of aromatic nitrogens is 2. The third kappa shape index (κ3) is 3.68. The van der Waals surface area contributed by atoms with Crippen molar-refractivity contribution in [2.45, 2.75) is 30.2 Å². The average Bonchev–Trinajstić information content (AvgIpc) is 2.95. The zero-order valence-corrected chi connectivity index (χ0v) is 13.5. The fraction of sp³-hybridized carbons (Fsp3) is 0.308. The molecule has 0 aliphatic heterocycles. The molecule has 20 heavy (non-hydrogen) atoms. The number of nitrogens with zero attached hydrogens (tertiary/aromatic N) is 1. The molecule has 108 valence electrons. The van der Waals surface area contributed by atoms with Crippen molar-refractivity contribution in [1.82, 2.24) is 14.7 Å². The van der Waals surface area contributed by atoms with Gasteiger partial charge >= 0.3 is 0 Å². The predicted octanol–water partition coefficient (Wildman–Crippen LogP) is 2.35. The van der Waals surface area contributed by atoms with E-state index in [1.54, 1.807) is 0 Å². The standard InChI is InChI=1S/C13H16BrN3O2S/c1-2-12-15-9-13(17-12)20(18,19)16-8-11-5-3-4-10(6-11)7-14/h3-6,9,16H,2,7-8H2,1H3,(H,15,17). The maximum Gasteiger partial charge on any atom is 0.257 e. The Hall–Kier alpha value is -1.18. The first-order chi connectivity index (χ1) is 9.55. The monoisotopic (exact) mass is 357 g/mol. The zero-order valence-electron chi connectivity index (χ0n) is 11.1. The van der Waals surface area contributed by atoms with Gasteiger partial charge in [0.25, 0.3) is 10.0 Å². The van der Waals surface area contributed by atoms with Gasteiger partial charge in [0, 0.05) is 18.3 Å². The zero-order chi connectivity index (χ0) is 14.6. The summed E-state index contributed by atoms with van der Waals surface area (Å²) in [6.07, 6.45) is 2.01. The smallest absolute Gasteiger partial charge is 0.257 e. The molecule has 1 heterocycles. The van der Waals surface area contributed by atoms with Crippen molar-refractivity contribution in [2.75, 3.05) is 0 Å². The Labute approximate surface area is 127 Å². The van der Waals surface area contributed by atoms with Gasteiger partial charge in [0.2, 0.25) is 0 Å². The normalized spacial score (nSPS) is 11.7. The van der Waals surface area contributed by atoms with E-state index in [0.717, 1.165) is 16.5 Å². The van der Waals surface area contributed by atoms with Gasteiger partial charge in [-0.1, -0.05) is 47.1 Å². The minimum Gasteiger partial charge on any atom is -0.332 e. The molecule has 0 bridgehead atoms. The molecule has 1 aromatic carbocycles. The van der Waals surface area contributed by atoms with Gasteiger partial charge in [0.05, 0.1) is 6.20 Å². The fourth-order valence-electron chi connectivity index (χ4n) is 1.74. The lowest BCUT2D eigenvalue weighted by Gasteiger charge is -2.06. The summed E-state index contributed by atoms with van der Waals surface area (Å²) in [5.74, 6) is 0.659. The van der Waals surface area contributed by atoms with Gasteiger partial charge < -0.3 is 4.98 Å². The first kappa shape index (κ1) is 15.2. The van der Waals surface area contributed by atoms with Crippen LogP contribution in [0.25, 0.3) is 0 Å². The number of hydrogen-bond donors (Lipinski definition) is 2. The van der Waals surface area contributed by atoms with Gasteiger partial charge in [-0.25, -0.2) is 18.1 Å². The Balaban J connectivity index is 2.08. The average molecular weight is 358 g/mol. The van der Waals surface area contributed by atoms with Gasteiger partial charge in [-0.15, -0.1) is 0 Å². The maximum atomic E-state index is 12.1. The maximum absolute atomic E-state index is 12.1. The number of benzene rings is 1. The molecule has 0 radical (unpaired) electrons. The van der Waals surface area contributed by atoms with Crippen LogP contribution in [0, 0.1) is 0 Å². The number of imidazole rings is 1. The Kier molecular flexibility index (Phi) is 4.95. The quantitative estimate of drug-likeness (QED) is 0.779. The molecule has 5 nitrogen and oxygen atoms in total. The van der Waals surface area contributed by atoms with Crippen LogP contribution in [-0.4, -0.2) is 18.4 Å². The summed E-state index contributed by atoms with van der Waals surface area (Å²) >= 11 is 3.38. The number of aryl methyl sites for hydroxylation is 1. The van der Waals surface area contributed by atoms with Gasteiger partial charge in [0.15, 0.2) is 5.03 Å². The molecule has 0 spiro atoms. The lowest BCUT2D eigenvalue weighted by atomic mass is 10.1. The minimum atomic E-state index is -3.55. The highest BCUT2D eigenvalue weighted by molar-refractivity contribution is 9.08. The lowest BCUT2D eigenvalue weighted by molar-refractivity contribution is 0.578. The topological polar surface area (TPSA) is 74.8 Å². The van der Waals surface area contributed by atoms with Crippen molar-refractivity contribution in [3.8, 4) is 0 Å². The second kappa shape index (κ2) is 6.51. The molecule has 0 atom stereocenters. The molecule has 2 N–H and O–H groups in total. The third-order valence-electron chi connectivity index (χ3n) is 2.84. The Morgan fingerprint density at radius 3 is 2.75 bits per heavy atom. The van der Waals surface area contributed by atoms with E-state index in [4.69, 9.17) is 0 Å². The summed E-state index contributed by atoms with van der Waals surface area (Å²) in [7, 11) is -3.55. The molecule has 0 saturated heterocycles. The van der Waals surface area contributed by atoms with Crippen molar-refractivity contribution in [1.29, 1.82) is 0 Å².